The second kappa shape index (κ2) is 9.06. The van der Waals surface area contributed by atoms with Gasteiger partial charge in [0.05, 0.1) is 16.4 Å². The first-order valence-electron chi connectivity index (χ1n) is 9.71. The van der Waals surface area contributed by atoms with Crippen molar-refractivity contribution in [1.29, 1.82) is 0 Å². The third kappa shape index (κ3) is 4.62. The molecule has 0 saturated heterocycles. The van der Waals surface area contributed by atoms with Gasteiger partial charge >= 0.3 is 0 Å². The molecule has 6 nitrogen and oxygen atoms in total. The van der Waals surface area contributed by atoms with Crippen molar-refractivity contribution < 1.29 is 19.2 Å². The van der Waals surface area contributed by atoms with Crippen LogP contribution < -0.4 is 9.47 Å². The number of fused-ring (bicyclic) bond motifs is 1. The first kappa shape index (κ1) is 20.7. The number of rotatable bonds is 7. The molecule has 3 aromatic rings. The van der Waals surface area contributed by atoms with Gasteiger partial charge in [0.1, 0.15) is 6.61 Å². The Kier molecular flexibility index (Phi) is 6.04. The summed E-state index contributed by atoms with van der Waals surface area (Å²) in [5.74, 6) is 1.17. The molecule has 1 heterocycles. The normalized spacial score (nSPS) is 13.8. The number of benzene rings is 3. The topological polar surface area (TPSA) is 78.7 Å². The van der Waals surface area contributed by atoms with Gasteiger partial charge in [-0.15, -0.1) is 0 Å². The van der Waals surface area contributed by atoms with Crippen LogP contribution in [0.4, 0.5) is 5.69 Å². The smallest absolute Gasteiger partial charge is 0.269 e. The molecule has 4 rings (SSSR count). The number of Topliss-reactive ketones (excluding diaryl/α,β-unsaturated/α-hetero) is 1. The zero-order valence-electron chi connectivity index (χ0n) is 16.7. The summed E-state index contributed by atoms with van der Waals surface area (Å²) < 4.78 is 11.6. The minimum atomic E-state index is -0.434. The molecular formula is C24H19NO5S. The molecule has 0 unspecified atom stereocenters. The molecule has 1 aliphatic rings. The molecule has 0 aromatic heterocycles. The van der Waals surface area contributed by atoms with E-state index >= 15 is 0 Å². The van der Waals surface area contributed by atoms with Crippen LogP contribution in [0.5, 0.6) is 11.5 Å². The molecule has 1 aliphatic heterocycles. The van der Waals surface area contributed by atoms with E-state index < -0.39 is 4.92 Å². The van der Waals surface area contributed by atoms with Gasteiger partial charge in [-0.1, -0.05) is 30.0 Å². The fourth-order valence-corrected chi connectivity index (χ4v) is 4.22. The lowest BCUT2D eigenvalue weighted by molar-refractivity contribution is -0.384. The number of ether oxygens (including phenoxy) is 2. The highest BCUT2D eigenvalue weighted by Crippen LogP contribution is 2.41. The SMILES string of the molecule is CCOc1cc(C=C2Sc3ccccc3C2=O)ccc1OCc1ccc([N+](=O)[O-])cc1. The van der Waals surface area contributed by atoms with Crippen LogP contribution >= 0.6 is 11.8 Å². The Balaban J connectivity index is 1.52. The number of carbonyl (C=O) groups excluding carboxylic acids is 1. The van der Waals surface area contributed by atoms with Gasteiger partial charge in [-0.2, -0.15) is 0 Å². The number of allylic oxidation sites excluding steroid dienone is 1. The summed E-state index contributed by atoms with van der Waals surface area (Å²) in [5, 5.41) is 10.8. The summed E-state index contributed by atoms with van der Waals surface area (Å²) in [4.78, 5) is 24.6. The Morgan fingerprint density at radius 3 is 2.48 bits per heavy atom. The zero-order valence-corrected chi connectivity index (χ0v) is 17.6. The Morgan fingerprint density at radius 2 is 1.77 bits per heavy atom. The van der Waals surface area contributed by atoms with Crippen LogP contribution in [-0.2, 0) is 6.61 Å². The maximum atomic E-state index is 12.6. The first-order chi connectivity index (χ1) is 15.0. The lowest BCUT2D eigenvalue weighted by Gasteiger charge is -2.13. The summed E-state index contributed by atoms with van der Waals surface area (Å²) in [7, 11) is 0. The largest absolute Gasteiger partial charge is 0.490 e. The molecule has 0 saturated carbocycles. The number of ketones is 1. The van der Waals surface area contributed by atoms with Crippen molar-refractivity contribution in [2.75, 3.05) is 6.61 Å². The van der Waals surface area contributed by atoms with E-state index in [-0.39, 0.29) is 18.1 Å². The van der Waals surface area contributed by atoms with Crippen LogP contribution in [-0.4, -0.2) is 17.3 Å². The highest BCUT2D eigenvalue weighted by Gasteiger charge is 2.25. The quantitative estimate of drug-likeness (QED) is 0.262. The van der Waals surface area contributed by atoms with Crippen molar-refractivity contribution in [1.82, 2.24) is 0 Å². The van der Waals surface area contributed by atoms with Crippen LogP contribution in [0, 0.1) is 10.1 Å². The first-order valence-corrected chi connectivity index (χ1v) is 10.5. The van der Waals surface area contributed by atoms with E-state index in [2.05, 4.69) is 0 Å². The third-order valence-corrected chi connectivity index (χ3v) is 5.78. The van der Waals surface area contributed by atoms with Crippen LogP contribution in [0.25, 0.3) is 6.08 Å². The van der Waals surface area contributed by atoms with Gasteiger partial charge < -0.3 is 9.47 Å². The Bertz CT molecular complexity index is 1170. The minimum absolute atomic E-state index is 0.0251. The van der Waals surface area contributed by atoms with Crippen LogP contribution in [0.3, 0.4) is 0 Å². The van der Waals surface area contributed by atoms with Crippen LogP contribution in [0.15, 0.2) is 76.5 Å². The number of hydrogen-bond donors (Lipinski definition) is 0. The standard InChI is InChI=1S/C24H19NO5S/c1-2-29-21-13-17(14-23-24(26)19-5-3-4-6-22(19)31-23)9-12-20(21)30-15-16-7-10-18(11-8-16)25(27)28/h3-14H,2,15H2,1H3. The van der Waals surface area contributed by atoms with Gasteiger partial charge in [0, 0.05) is 22.6 Å². The average molecular weight is 433 g/mol. The number of non-ortho nitro benzene ring substituents is 1. The van der Waals surface area contributed by atoms with Crippen LogP contribution in [0.1, 0.15) is 28.4 Å². The molecule has 0 radical (unpaired) electrons. The van der Waals surface area contributed by atoms with E-state index in [9.17, 15) is 14.9 Å². The van der Waals surface area contributed by atoms with Gasteiger partial charge in [0.25, 0.3) is 5.69 Å². The van der Waals surface area contributed by atoms with E-state index in [1.165, 1.54) is 23.9 Å². The summed E-state index contributed by atoms with van der Waals surface area (Å²) >= 11 is 1.46. The van der Waals surface area contributed by atoms with Gasteiger partial charge in [-0.3, -0.25) is 14.9 Å². The lowest BCUT2D eigenvalue weighted by Crippen LogP contribution is -2.00. The van der Waals surface area contributed by atoms with E-state index in [0.29, 0.717) is 23.0 Å². The monoisotopic (exact) mass is 433 g/mol. The van der Waals surface area contributed by atoms with Crippen molar-refractivity contribution >= 4 is 29.3 Å². The minimum Gasteiger partial charge on any atom is -0.490 e. The van der Waals surface area contributed by atoms with Gasteiger partial charge in [0.2, 0.25) is 5.78 Å². The Hall–Kier alpha value is -3.58. The van der Waals surface area contributed by atoms with E-state index in [1.807, 2.05) is 49.4 Å². The fraction of sp³-hybridized carbons (Fsp3) is 0.125. The molecule has 3 aromatic carbocycles. The summed E-state index contributed by atoms with van der Waals surface area (Å²) in [6.07, 6.45) is 1.86. The third-order valence-electron chi connectivity index (χ3n) is 4.68. The molecule has 0 bridgehead atoms. The summed E-state index contributed by atoms with van der Waals surface area (Å²) in [6.45, 7) is 2.60. The maximum Gasteiger partial charge on any atom is 0.269 e. The Labute approximate surface area is 183 Å². The molecule has 0 atom stereocenters. The van der Waals surface area contributed by atoms with Gasteiger partial charge in [0.15, 0.2) is 11.5 Å². The second-order valence-corrected chi connectivity index (χ2v) is 7.87. The van der Waals surface area contributed by atoms with Crippen molar-refractivity contribution in [2.45, 2.75) is 18.4 Å². The molecule has 0 fully saturated rings. The van der Waals surface area contributed by atoms with Gasteiger partial charge in [-0.05, 0) is 60.5 Å². The average Bonchev–Trinajstić information content (AvgIpc) is 3.09. The van der Waals surface area contributed by atoms with Crippen molar-refractivity contribution in [3.05, 3.63) is 98.4 Å². The molecular weight excluding hydrogens is 414 g/mol. The Morgan fingerprint density at radius 1 is 1.00 bits per heavy atom. The zero-order chi connectivity index (χ0) is 21.8. The van der Waals surface area contributed by atoms with E-state index in [4.69, 9.17) is 9.47 Å². The number of hydrogen-bond acceptors (Lipinski definition) is 6. The summed E-state index contributed by atoms with van der Waals surface area (Å²) in [6, 6.07) is 19.3. The highest BCUT2D eigenvalue weighted by atomic mass is 32.2. The molecule has 0 aliphatic carbocycles. The molecule has 156 valence electrons. The van der Waals surface area contributed by atoms with E-state index in [1.54, 1.807) is 18.2 Å². The highest BCUT2D eigenvalue weighted by molar-refractivity contribution is 8.04. The van der Waals surface area contributed by atoms with Gasteiger partial charge in [-0.25, -0.2) is 0 Å². The predicted molar refractivity (Wildman–Crippen MR) is 120 cm³/mol. The predicted octanol–water partition coefficient (Wildman–Crippen LogP) is 5.90. The molecule has 0 spiro atoms. The maximum absolute atomic E-state index is 12.6. The number of nitro benzene ring substituents is 1. The summed E-state index contributed by atoms with van der Waals surface area (Å²) in [5.41, 5.74) is 2.42. The molecule has 0 N–H and O–H groups in total. The molecule has 7 heteroatoms. The van der Waals surface area contributed by atoms with Crippen molar-refractivity contribution in [2.24, 2.45) is 0 Å². The number of nitro groups is 1. The lowest BCUT2D eigenvalue weighted by atomic mass is 10.1. The number of carbonyl (C=O) groups is 1. The number of nitrogens with zero attached hydrogens (tertiary/aromatic N) is 1. The van der Waals surface area contributed by atoms with E-state index in [0.717, 1.165) is 21.6 Å². The van der Waals surface area contributed by atoms with Crippen molar-refractivity contribution in [3.63, 3.8) is 0 Å². The van der Waals surface area contributed by atoms with Crippen LogP contribution in [0.2, 0.25) is 0 Å². The van der Waals surface area contributed by atoms with Crippen molar-refractivity contribution in [3.8, 4) is 11.5 Å². The molecule has 31 heavy (non-hydrogen) atoms. The molecule has 0 amide bonds. The fourth-order valence-electron chi connectivity index (χ4n) is 3.16. The number of thioether (sulfide) groups is 1. The second-order valence-electron chi connectivity index (χ2n) is 6.79.